The number of Topliss-reactive ketones (excluding diaryl/α,β-unsaturated/α-hetero) is 1. The molecule has 10 nitrogen and oxygen atoms in total. The van der Waals surface area contributed by atoms with Crippen LogP contribution in [0.1, 0.15) is 52.7 Å². The first-order valence-corrected chi connectivity index (χ1v) is 21.1. The van der Waals surface area contributed by atoms with Crippen molar-refractivity contribution in [3.05, 3.63) is 124 Å². The molecule has 2 aliphatic heterocycles. The Hall–Kier alpha value is -5.15. The number of hydrogen-bond donors (Lipinski definition) is 1. The minimum Gasteiger partial charge on any atom is -0.506 e. The number of nitrogens with zero attached hydrogens (tertiary/aromatic N) is 4. The molecule has 4 aliphatic rings. The minimum atomic E-state index is -6.11. The van der Waals surface area contributed by atoms with E-state index in [1.165, 1.54) is 19.2 Å². The summed E-state index contributed by atoms with van der Waals surface area (Å²) in [5, 5.41) is 11.9. The molecule has 2 unspecified atom stereocenters. The number of benzene rings is 3. The van der Waals surface area contributed by atoms with Crippen LogP contribution in [0.5, 0.6) is 0 Å². The van der Waals surface area contributed by atoms with Gasteiger partial charge in [-0.25, -0.2) is 8.42 Å². The van der Waals surface area contributed by atoms with Gasteiger partial charge in [-0.1, -0.05) is 64.1 Å². The van der Waals surface area contributed by atoms with Gasteiger partial charge in [-0.3, -0.25) is 9.10 Å². The number of aliphatic hydroxyl groups excluding tert-OH is 1. The molecular formula is C41H41F3N4O6S2. The van der Waals surface area contributed by atoms with Gasteiger partial charge in [0.05, 0.1) is 28.8 Å². The maximum absolute atomic E-state index is 14.5. The number of rotatable bonds is 6. The number of hydrogen-bond acceptors (Lipinski definition) is 8. The first-order chi connectivity index (χ1) is 25.9. The second-order valence-corrected chi connectivity index (χ2v) is 19.3. The molecule has 2 aliphatic carbocycles. The summed E-state index contributed by atoms with van der Waals surface area (Å²) in [4.78, 5) is 18.4. The van der Waals surface area contributed by atoms with Crippen LogP contribution in [0.2, 0.25) is 0 Å². The highest BCUT2D eigenvalue weighted by Gasteiger charge is 2.51. The quantitative estimate of drug-likeness (QED) is 0.248. The van der Waals surface area contributed by atoms with Gasteiger partial charge in [-0.15, -0.1) is 0 Å². The first kappa shape index (κ1) is 39.1. The SMILES string of the molecule is CC1N(c2ccccc2)C2=CC(=NS(=O)(=O)C(F)(F)F)C(=C3C(=O)C(c4cc5c(cc4N(C)S(C)(=O)=O)N(c4ccccc4)C(C)C5(C)C)=C3O)C=C2C1(C)C. The lowest BCUT2D eigenvalue weighted by atomic mass is 9.73. The van der Waals surface area contributed by atoms with Crippen LogP contribution in [0.4, 0.5) is 35.9 Å². The van der Waals surface area contributed by atoms with E-state index >= 15 is 0 Å². The summed E-state index contributed by atoms with van der Waals surface area (Å²) >= 11 is 0. The van der Waals surface area contributed by atoms with Crippen molar-refractivity contribution in [2.45, 2.75) is 64.5 Å². The molecular weight excluding hydrogens is 766 g/mol. The lowest BCUT2D eigenvalue weighted by Crippen LogP contribution is -2.36. The van der Waals surface area contributed by atoms with Gasteiger partial charge in [-0.05, 0) is 73.5 Å². The average Bonchev–Trinajstić information content (AvgIpc) is 3.43. The smallest absolute Gasteiger partial charge is 0.506 e. The fourth-order valence-electron chi connectivity index (χ4n) is 8.00. The Morgan fingerprint density at radius 2 is 1.34 bits per heavy atom. The monoisotopic (exact) mass is 806 g/mol. The van der Waals surface area contributed by atoms with Gasteiger partial charge in [-0.2, -0.15) is 26.0 Å². The van der Waals surface area contributed by atoms with E-state index in [4.69, 9.17) is 0 Å². The number of alkyl halides is 3. The predicted octanol–water partition coefficient (Wildman–Crippen LogP) is 8.10. The van der Waals surface area contributed by atoms with Crippen molar-refractivity contribution in [2.24, 2.45) is 9.81 Å². The molecule has 2 heterocycles. The number of para-hydroxylation sites is 2. The summed E-state index contributed by atoms with van der Waals surface area (Å²) in [6.45, 7) is 11.8. The van der Waals surface area contributed by atoms with E-state index in [0.717, 1.165) is 21.8 Å². The van der Waals surface area contributed by atoms with Crippen LogP contribution >= 0.6 is 0 Å². The summed E-state index contributed by atoms with van der Waals surface area (Å²) in [5.74, 6) is -1.45. The van der Waals surface area contributed by atoms with Crippen molar-refractivity contribution in [1.82, 2.24) is 0 Å². The molecule has 0 aromatic heterocycles. The van der Waals surface area contributed by atoms with Gasteiger partial charge in [0, 0.05) is 63.9 Å². The highest BCUT2D eigenvalue weighted by molar-refractivity contribution is 7.92. The van der Waals surface area contributed by atoms with Crippen LogP contribution in [0, 0.1) is 5.41 Å². The zero-order valence-corrected chi connectivity index (χ0v) is 33.6. The number of carbonyl (C=O) groups excluding carboxylic acids is 1. The Morgan fingerprint density at radius 3 is 1.86 bits per heavy atom. The molecule has 15 heteroatoms. The molecule has 2 atom stereocenters. The fourth-order valence-corrected chi connectivity index (χ4v) is 9.02. The summed E-state index contributed by atoms with van der Waals surface area (Å²) in [6, 6.07) is 21.4. The molecule has 3 aromatic rings. The lowest BCUT2D eigenvalue weighted by molar-refractivity contribution is -0.111. The highest BCUT2D eigenvalue weighted by atomic mass is 32.2. The van der Waals surface area contributed by atoms with Crippen molar-refractivity contribution >= 4 is 59.9 Å². The summed E-state index contributed by atoms with van der Waals surface area (Å²) < 4.78 is 97.1. The Morgan fingerprint density at radius 1 is 0.804 bits per heavy atom. The topological polar surface area (TPSA) is 128 Å². The summed E-state index contributed by atoms with van der Waals surface area (Å²) in [7, 11) is -8.73. The van der Waals surface area contributed by atoms with E-state index < -0.39 is 59.2 Å². The van der Waals surface area contributed by atoms with E-state index in [2.05, 4.69) is 9.30 Å². The molecule has 0 spiro atoms. The van der Waals surface area contributed by atoms with Gasteiger partial charge >= 0.3 is 15.5 Å². The maximum atomic E-state index is 14.5. The third kappa shape index (κ3) is 5.80. The molecule has 1 fully saturated rings. The Kier molecular flexibility index (Phi) is 8.85. The fraction of sp³-hybridized carbons (Fsp3) is 0.317. The molecule has 1 N–H and O–H groups in total. The Bertz CT molecular complexity index is 2590. The summed E-state index contributed by atoms with van der Waals surface area (Å²) in [5.41, 5.74) is -4.53. The minimum absolute atomic E-state index is 0.0815. The molecule has 7 rings (SSSR count). The van der Waals surface area contributed by atoms with E-state index in [-0.39, 0.29) is 34.5 Å². The van der Waals surface area contributed by atoms with Crippen LogP contribution in [-0.2, 0) is 30.3 Å². The normalized spacial score (nSPS) is 23.8. The van der Waals surface area contributed by atoms with Crippen LogP contribution in [-0.4, -0.2) is 64.3 Å². The highest BCUT2D eigenvalue weighted by Crippen LogP contribution is 2.55. The van der Waals surface area contributed by atoms with Gasteiger partial charge in [0.15, 0.2) is 0 Å². The number of allylic oxidation sites excluding steroid dienone is 6. The zero-order valence-electron chi connectivity index (χ0n) is 32.0. The van der Waals surface area contributed by atoms with E-state index in [0.29, 0.717) is 22.6 Å². The number of aliphatic hydroxyl groups is 1. The van der Waals surface area contributed by atoms with Crippen molar-refractivity contribution in [2.75, 3.05) is 27.4 Å². The van der Waals surface area contributed by atoms with E-state index in [1.54, 1.807) is 24.3 Å². The standard InChI is InChI=1S/C41H41F3N4O6S2/c1-23-39(3,4)29-19-27(31(45-56(53,54)41(42,43)44)21-33(29)47(23)25-15-11-9-12-16-25)35-37(49)36(38(35)50)28-20-30-34(22-32(28)46(7)55(8,51)52)48(24(2)40(30,5)6)26-17-13-10-14-18-26/h9-24,49H,1-8H3. The number of carbonyl (C=O) groups is 1. The van der Waals surface area contributed by atoms with Crippen molar-refractivity contribution in [3.63, 3.8) is 0 Å². The molecule has 0 amide bonds. The van der Waals surface area contributed by atoms with Crippen LogP contribution in [0.3, 0.4) is 0 Å². The number of ketones is 1. The largest absolute Gasteiger partial charge is 0.518 e. The number of anilines is 4. The number of fused-ring (bicyclic) bond motifs is 2. The molecule has 0 radical (unpaired) electrons. The molecule has 3 aromatic carbocycles. The van der Waals surface area contributed by atoms with Gasteiger partial charge in [0.2, 0.25) is 15.8 Å². The van der Waals surface area contributed by atoms with Crippen LogP contribution in [0.15, 0.2) is 118 Å². The maximum Gasteiger partial charge on any atom is 0.518 e. The van der Waals surface area contributed by atoms with E-state index in [1.807, 2.05) is 95.0 Å². The van der Waals surface area contributed by atoms with Gasteiger partial charge in [0.1, 0.15) is 5.76 Å². The molecule has 0 bridgehead atoms. The first-order valence-electron chi connectivity index (χ1n) is 17.8. The third-order valence-electron chi connectivity index (χ3n) is 11.9. The molecule has 56 heavy (non-hydrogen) atoms. The lowest BCUT2D eigenvalue weighted by Gasteiger charge is -2.31. The molecule has 0 saturated carbocycles. The predicted molar refractivity (Wildman–Crippen MR) is 213 cm³/mol. The van der Waals surface area contributed by atoms with Crippen LogP contribution < -0.4 is 14.1 Å². The van der Waals surface area contributed by atoms with Crippen LogP contribution in [0.25, 0.3) is 5.57 Å². The molecule has 1 saturated heterocycles. The van der Waals surface area contributed by atoms with Crippen molar-refractivity contribution in [3.8, 4) is 0 Å². The molecule has 294 valence electrons. The Balaban J connectivity index is 1.48. The third-order valence-corrected chi connectivity index (χ3v) is 14.1. The Labute approximate surface area is 324 Å². The van der Waals surface area contributed by atoms with Crippen molar-refractivity contribution in [1.29, 1.82) is 0 Å². The zero-order chi connectivity index (χ0) is 41.1. The van der Waals surface area contributed by atoms with Crippen molar-refractivity contribution < 1.29 is 39.9 Å². The number of sulfonamides is 2. The van der Waals surface area contributed by atoms with Gasteiger partial charge in [0.25, 0.3) is 0 Å². The average molecular weight is 807 g/mol. The second kappa shape index (κ2) is 12.7. The number of halogens is 3. The second-order valence-electron chi connectivity index (χ2n) is 15.6. The van der Waals surface area contributed by atoms with E-state index in [9.17, 15) is 39.9 Å². The van der Waals surface area contributed by atoms with Gasteiger partial charge < -0.3 is 14.9 Å². The summed E-state index contributed by atoms with van der Waals surface area (Å²) in [6.07, 6.45) is 3.63.